The average Bonchev–Trinajstić information content (AvgIpc) is 2.02. The molecular formula is C8H18Cl2OSi. The van der Waals surface area contributed by atoms with E-state index < -0.39 is 7.66 Å². The van der Waals surface area contributed by atoms with Crippen LogP contribution >= 0.6 is 22.2 Å². The molecular weight excluding hydrogens is 211 g/mol. The lowest BCUT2D eigenvalue weighted by Crippen LogP contribution is -2.03. The van der Waals surface area contributed by atoms with Gasteiger partial charge in [-0.2, -0.15) is 0 Å². The van der Waals surface area contributed by atoms with Gasteiger partial charge in [-0.15, -0.1) is 22.2 Å². The topological polar surface area (TPSA) is 9.23 Å². The van der Waals surface area contributed by atoms with Crippen molar-refractivity contribution in [1.29, 1.82) is 0 Å². The normalized spacial score (nSPS) is 11.0. The Labute approximate surface area is 86.5 Å². The Morgan fingerprint density at radius 1 is 1.00 bits per heavy atom. The Bertz CT molecular complexity index is 91.1. The summed E-state index contributed by atoms with van der Waals surface area (Å²) in [6.45, 7) is 2.97. The molecule has 0 saturated carbocycles. The van der Waals surface area contributed by atoms with Crippen molar-refractivity contribution >= 4 is 29.8 Å². The summed E-state index contributed by atoms with van der Waals surface area (Å²) in [5.41, 5.74) is 0. The number of hydrogen-bond acceptors (Lipinski definition) is 1. The number of halogens is 2. The molecule has 0 radical (unpaired) electrons. The highest BCUT2D eigenvalue weighted by molar-refractivity contribution is 7.30. The first kappa shape index (κ1) is 12.8. The van der Waals surface area contributed by atoms with Crippen LogP contribution < -0.4 is 0 Å². The summed E-state index contributed by atoms with van der Waals surface area (Å²) in [6.07, 6.45) is 7.66. The van der Waals surface area contributed by atoms with E-state index >= 15 is 0 Å². The molecule has 0 aromatic heterocycles. The summed E-state index contributed by atoms with van der Waals surface area (Å²) in [5.74, 6) is 0. The molecule has 0 atom stereocenters. The van der Waals surface area contributed by atoms with Gasteiger partial charge in [0.15, 0.2) is 0 Å². The quantitative estimate of drug-likeness (QED) is 0.351. The summed E-state index contributed by atoms with van der Waals surface area (Å²) in [4.78, 5) is 0. The van der Waals surface area contributed by atoms with E-state index in [9.17, 15) is 0 Å². The third kappa shape index (κ3) is 10.8. The maximum Gasteiger partial charge on any atom is 0.373 e. The summed E-state index contributed by atoms with van der Waals surface area (Å²) >= 11 is 11.0. The van der Waals surface area contributed by atoms with Crippen molar-refractivity contribution in [3.8, 4) is 0 Å². The zero-order valence-electron chi connectivity index (χ0n) is 7.69. The van der Waals surface area contributed by atoms with Crippen LogP contribution in [0.4, 0.5) is 0 Å². The van der Waals surface area contributed by atoms with Gasteiger partial charge in [0.1, 0.15) is 0 Å². The maximum atomic E-state index is 5.52. The van der Waals surface area contributed by atoms with Crippen molar-refractivity contribution in [2.75, 3.05) is 6.61 Å². The summed E-state index contributed by atoms with van der Waals surface area (Å²) in [5, 5.41) is 0. The Morgan fingerprint density at radius 3 is 2.17 bits per heavy atom. The van der Waals surface area contributed by atoms with Crippen molar-refractivity contribution in [3.63, 3.8) is 0 Å². The third-order valence-corrected chi connectivity index (χ3v) is 2.99. The minimum atomic E-state index is -1.79. The van der Waals surface area contributed by atoms with Crippen LogP contribution in [0.1, 0.15) is 45.4 Å². The molecule has 0 aliphatic heterocycles. The third-order valence-electron chi connectivity index (χ3n) is 1.74. The van der Waals surface area contributed by atoms with Crippen LogP contribution in [0, 0.1) is 0 Å². The maximum absolute atomic E-state index is 5.52. The molecule has 0 heterocycles. The number of unbranched alkanes of at least 4 members (excludes halogenated alkanes) is 5. The van der Waals surface area contributed by atoms with Crippen LogP contribution in [0.15, 0.2) is 0 Å². The van der Waals surface area contributed by atoms with Gasteiger partial charge in [0.05, 0.1) is 0 Å². The first-order valence-corrected chi connectivity index (χ1v) is 8.63. The van der Waals surface area contributed by atoms with E-state index in [-0.39, 0.29) is 0 Å². The predicted molar refractivity (Wildman–Crippen MR) is 58.2 cm³/mol. The van der Waals surface area contributed by atoms with Gasteiger partial charge in [-0.25, -0.2) is 0 Å². The summed E-state index contributed by atoms with van der Waals surface area (Å²) < 4.78 is 5.12. The predicted octanol–water partition coefficient (Wildman–Crippen LogP) is 3.56. The molecule has 0 amide bonds. The first-order valence-electron chi connectivity index (χ1n) is 4.67. The summed E-state index contributed by atoms with van der Waals surface area (Å²) in [7, 11) is -1.79. The van der Waals surface area contributed by atoms with Gasteiger partial charge >= 0.3 is 7.66 Å². The van der Waals surface area contributed by atoms with Gasteiger partial charge in [0.2, 0.25) is 0 Å². The lowest BCUT2D eigenvalue weighted by atomic mass is 10.1. The molecule has 0 aliphatic carbocycles. The van der Waals surface area contributed by atoms with Crippen molar-refractivity contribution in [2.45, 2.75) is 45.4 Å². The lowest BCUT2D eigenvalue weighted by molar-refractivity contribution is 0.324. The van der Waals surface area contributed by atoms with E-state index in [1.165, 1.54) is 32.1 Å². The van der Waals surface area contributed by atoms with E-state index in [1.54, 1.807) is 0 Å². The average molecular weight is 229 g/mol. The minimum Gasteiger partial charge on any atom is -0.395 e. The highest BCUT2D eigenvalue weighted by Crippen LogP contribution is 2.06. The van der Waals surface area contributed by atoms with Crippen LogP contribution in [0.5, 0.6) is 0 Å². The van der Waals surface area contributed by atoms with Crippen LogP contribution in [-0.2, 0) is 4.43 Å². The molecule has 0 aromatic carbocycles. The van der Waals surface area contributed by atoms with Crippen molar-refractivity contribution < 1.29 is 4.43 Å². The van der Waals surface area contributed by atoms with Gasteiger partial charge in [0.25, 0.3) is 0 Å². The molecule has 0 fully saturated rings. The fraction of sp³-hybridized carbons (Fsp3) is 1.00. The van der Waals surface area contributed by atoms with Gasteiger partial charge in [0, 0.05) is 6.61 Å². The Kier molecular flexibility index (Phi) is 10.5. The van der Waals surface area contributed by atoms with Crippen LogP contribution in [0.3, 0.4) is 0 Å². The van der Waals surface area contributed by atoms with Gasteiger partial charge in [-0.05, 0) is 6.42 Å². The van der Waals surface area contributed by atoms with E-state index in [1.807, 2.05) is 0 Å². The monoisotopic (exact) mass is 228 g/mol. The van der Waals surface area contributed by atoms with Gasteiger partial charge in [-0.3, -0.25) is 0 Å². The standard InChI is InChI=1S/C8H18Cl2OSi/c1-2-3-4-5-6-7-8-11-12(9)10/h12H,2-8H2,1H3. The molecule has 0 unspecified atom stereocenters. The molecule has 0 N–H and O–H groups in total. The molecule has 12 heavy (non-hydrogen) atoms. The highest BCUT2D eigenvalue weighted by atomic mass is 35.7. The fourth-order valence-corrected chi connectivity index (χ4v) is 1.93. The molecule has 1 nitrogen and oxygen atoms in total. The largest absolute Gasteiger partial charge is 0.395 e. The second-order valence-corrected chi connectivity index (χ2v) is 6.80. The van der Waals surface area contributed by atoms with Crippen molar-refractivity contribution in [2.24, 2.45) is 0 Å². The fourth-order valence-electron chi connectivity index (χ4n) is 1.05. The van der Waals surface area contributed by atoms with Crippen molar-refractivity contribution in [1.82, 2.24) is 0 Å². The van der Waals surface area contributed by atoms with Gasteiger partial charge in [-0.1, -0.05) is 39.0 Å². The second-order valence-electron chi connectivity index (χ2n) is 2.90. The number of hydrogen-bond donors (Lipinski definition) is 0. The molecule has 74 valence electrons. The Morgan fingerprint density at radius 2 is 1.58 bits per heavy atom. The van der Waals surface area contributed by atoms with E-state index in [0.717, 1.165) is 13.0 Å². The number of rotatable bonds is 8. The molecule has 0 bridgehead atoms. The smallest absolute Gasteiger partial charge is 0.373 e. The van der Waals surface area contributed by atoms with Crippen LogP contribution in [0.25, 0.3) is 0 Å². The van der Waals surface area contributed by atoms with Crippen LogP contribution in [0.2, 0.25) is 0 Å². The molecule has 4 heteroatoms. The van der Waals surface area contributed by atoms with E-state index in [2.05, 4.69) is 6.92 Å². The SMILES string of the molecule is CCCCCCCCO[SiH](Cl)Cl. The van der Waals surface area contributed by atoms with Gasteiger partial charge < -0.3 is 4.43 Å². The zero-order valence-corrected chi connectivity index (χ0v) is 10.4. The Hall–Kier alpha value is 0.757. The molecule has 0 rings (SSSR count). The molecule has 0 aromatic rings. The molecule has 0 saturated heterocycles. The van der Waals surface area contributed by atoms with Crippen LogP contribution in [-0.4, -0.2) is 14.3 Å². The molecule has 0 aliphatic rings. The van der Waals surface area contributed by atoms with E-state index in [0.29, 0.717) is 0 Å². The summed E-state index contributed by atoms with van der Waals surface area (Å²) in [6, 6.07) is 0. The zero-order chi connectivity index (χ0) is 9.23. The highest BCUT2D eigenvalue weighted by Gasteiger charge is 1.99. The Balaban J connectivity index is 2.82. The van der Waals surface area contributed by atoms with E-state index in [4.69, 9.17) is 26.6 Å². The van der Waals surface area contributed by atoms with Crippen molar-refractivity contribution in [3.05, 3.63) is 0 Å². The lowest BCUT2D eigenvalue weighted by Gasteiger charge is -2.02. The first-order chi connectivity index (χ1) is 5.77. The minimum absolute atomic E-state index is 0.746. The second kappa shape index (κ2) is 9.84. The molecule has 0 spiro atoms.